The summed E-state index contributed by atoms with van der Waals surface area (Å²) in [4.78, 5) is 68.2. The van der Waals surface area contributed by atoms with Gasteiger partial charge in [0.25, 0.3) is 0 Å². The van der Waals surface area contributed by atoms with E-state index < -0.39 is 73.1 Å². The first kappa shape index (κ1) is 28.1. The number of aliphatic hydroxyl groups is 1. The molecule has 0 rings (SSSR count). The van der Waals surface area contributed by atoms with Crippen LogP contribution >= 0.6 is 0 Å². The van der Waals surface area contributed by atoms with Gasteiger partial charge in [0.1, 0.15) is 12.8 Å². The monoisotopic (exact) mass is 400 g/mol. The van der Waals surface area contributed by atoms with Gasteiger partial charge in [0.15, 0.2) is 5.60 Å². The Balaban J connectivity index is -0.000000350. The number of carbonyl (C=O) groups is 7. The Morgan fingerprint density at radius 2 is 0.704 bits per heavy atom. The molecule has 0 aliphatic carbocycles. The van der Waals surface area contributed by atoms with Crippen molar-refractivity contribution in [3.63, 3.8) is 0 Å². The van der Waals surface area contributed by atoms with E-state index in [2.05, 4.69) is 0 Å². The van der Waals surface area contributed by atoms with Crippen LogP contribution in [0.3, 0.4) is 0 Å². The molecule has 0 aliphatic rings. The standard InChI is InChI=1S/C6H8O7.2C3H4O4/c7-3(8)1-6(13,5(11)12)2-4(9)10;2*4-2(5)1-3(6)7/h13H,1-2H2,(H,7,8)(H,9,10)(H,11,12);2*1H2,(H,4,5)(H,6,7). The molecular weight excluding hydrogens is 384 g/mol. The Bertz CT molecular complexity index is 524. The fraction of sp³-hybridized carbons (Fsp3) is 0.417. The zero-order valence-corrected chi connectivity index (χ0v) is 13.3. The number of aliphatic carboxylic acids is 7. The molecule has 0 atom stereocenters. The molecule has 0 heterocycles. The second-order valence-electron chi connectivity index (χ2n) is 4.41. The van der Waals surface area contributed by atoms with Crippen molar-refractivity contribution in [3.8, 4) is 0 Å². The topological polar surface area (TPSA) is 281 Å². The third-order valence-electron chi connectivity index (χ3n) is 1.89. The molecule has 0 aromatic heterocycles. The van der Waals surface area contributed by atoms with Crippen LogP contribution in [0.25, 0.3) is 0 Å². The SMILES string of the molecule is O=C(O)CC(=O)O.O=C(O)CC(=O)O.O=C(O)CC(O)(CC(=O)O)C(=O)O. The molecule has 0 spiro atoms. The van der Waals surface area contributed by atoms with E-state index in [0.29, 0.717) is 0 Å². The summed E-state index contributed by atoms with van der Waals surface area (Å²) in [6.07, 6.45) is -3.90. The lowest BCUT2D eigenvalue weighted by atomic mass is 9.96. The van der Waals surface area contributed by atoms with E-state index in [1.54, 1.807) is 0 Å². The van der Waals surface area contributed by atoms with Gasteiger partial charge in [0.05, 0.1) is 12.8 Å². The van der Waals surface area contributed by atoms with Gasteiger partial charge < -0.3 is 40.9 Å². The summed E-state index contributed by atoms with van der Waals surface area (Å²) < 4.78 is 0. The number of carboxylic acids is 7. The van der Waals surface area contributed by atoms with Crippen LogP contribution in [0.1, 0.15) is 25.7 Å². The van der Waals surface area contributed by atoms with Gasteiger partial charge in [0, 0.05) is 0 Å². The first-order chi connectivity index (χ1) is 12.0. The maximum absolute atomic E-state index is 10.3. The van der Waals surface area contributed by atoms with Crippen molar-refractivity contribution in [1.29, 1.82) is 0 Å². The Morgan fingerprint density at radius 1 is 0.481 bits per heavy atom. The van der Waals surface area contributed by atoms with Crippen molar-refractivity contribution >= 4 is 41.8 Å². The van der Waals surface area contributed by atoms with Gasteiger partial charge in [-0.25, -0.2) is 4.79 Å². The van der Waals surface area contributed by atoms with Gasteiger partial charge in [-0.3, -0.25) is 28.8 Å². The van der Waals surface area contributed by atoms with Crippen LogP contribution in [0.2, 0.25) is 0 Å². The third-order valence-corrected chi connectivity index (χ3v) is 1.89. The molecule has 0 aromatic carbocycles. The molecule has 0 radical (unpaired) electrons. The van der Waals surface area contributed by atoms with E-state index in [9.17, 15) is 33.6 Å². The maximum Gasteiger partial charge on any atom is 0.336 e. The highest BCUT2D eigenvalue weighted by Crippen LogP contribution is 2.15. The molecule has 27 heavy (non-hydrogen) atoms. The van der Waals surface area contributed by atoms with Gasteiger partial charge >= 0.3 is 41.8 Å². The van der Waals surface area contributed by atoms with Crippen molar-refractivity contribution in [2.45, 2.75) is 31.3 Å². The summed E-state index contributed by atoms with van der Waals surface area (Å²) in [6.45, 7) is 0. The summed E-state index contributed by atoms with van der Waals surface area (Å²) in [7, 11) is 0. The van der Waals surface area contributed by atoms with Gasteiger partial charge in [-0.1, -0.05) is 0 Å². The quantitative estimate of drug-likeness (QED) is 0.191. The first-order valence-electron chi connectivity index (χ1n) is 6.30. The second kappa shape index (κ2) is 13.5. The average Bonchev–Trinajstić information content (AvgIpc) is 2.33. The zero-order valence-electron chi connectivity index (χ0n) is 13.3. The fourth-order valence-corrected chi connectivity index (χ4v) is 0.973. The maximum atomic E-state index is 10.3. The number of rotatable bonds is 9. The molecule has 8 N–H and O–H groups in total. The predicted octanol–water partition coefficient (Wildman–Crippen LogP) is -2.16. The number of hydrogen-bond donors (Lipinski definition) is 8. The highest BCUT2D eigenvalue weighted by molar-refractivity contribution is 5.89. The van der Waals surface area contributed by atoms with Crippen molar-refractivity contribution < 1.29 is 74.4 Å². The van der Waals surface area contributed by atoms with E-state index in [1.807, 2.05) is 0 Å². The van der Waals surface area contributed by atoms with Crippen LogP contribution < -0.4 is 0 Å². The van der Waals surface area contributed by atoms with E-state index in [-0.39, 0.29) is 0 Å². The summed E-state index contributed by atoms with van der Waals surface area (Å²) in [5, 5.41) is 64.6. The smallest absolute Gasteiger partial charge is 0.336 e. The van der Waals surface area contributed by atoms with Crippen molar-refractivity contribution in [2.75, 3.05) is 0 Å². The minimum absolute atomic E-state index is 0.806. The first-order valence-corrected chi connectivity index (χ1v) is 6.30. The van der Waals surface area contributed by atoms with Crippen LogP contribution in [0, 0.1) is 0 Å². The summed E-state index contributed by atoms with van der Waals surface area (Å²) in [5.41, 5.74) is -2.74. The van der Waals surface area contributed by atoms with Crippen LogP contribution in [0.5, 0.6) is 0 Å². The minimum Gasteiger partial charge on any atom is -0.481 e. The average molecular weight is 400 g/mol. The van der Waals surface area contributed by atoms with Crippen LogP contribution in [-0.4, -0.2) is 88.2 Å². The van der Waals surface area contributed by atoms with Crippen molar-refractivity contribution in [3.05, 3.63) is 0 Å². The predicted molar refractivity (Wildman–Crippen MR) is 76.9 cm³/mol. The molecule has 0 aromatic rings. The largest absolute Gasteiger partial charge is 0.481 e. The molecule has 154 valence electrons. The van der Waals surface area contributed by atoms with Crippen LogP contribution in [0.15, 0.2) is 0 Å². The normalized spacial score (nSPS) is 9.37. The molecule has 0 aliphatic heterocycles. The molecule has 15 heteroatoms. The Kier molecular flexibility index (Phi) is 14.1. The molecule has 0 saturated carbocycles. The molecule has 15 nitrogen and oxygen atoms in total. The van der Waals surface area contributed by atoms with E-state index >= 15 is 0 Å². The molecule has 0 saturated heterocycles. The van der Waals surface area contributed by atoms with Gasteiger partial charge in [-0.2, -0.15) is 0 Å². The lowest BCUT2D eigenvalue weighted by Gasteiger charge is -2.18. The third kappa shape index (κ3) is 22.2. The van der Waals surface area contributed by atoms with E-state index in [4.69, 9.17) is 40.9 Å². The number of carboxylic acid groups (broad SMARTS) is 7. The highest BCUT2D eigenvalue weighted by atomic mass is 16.4. The fourth-order valence-electron chi connectivity index (χ4n) is 0.973. The minimum atomic E-state index is -2.74. The Labute approximate surface area is 148 Å². The lowest BCUT2D eigenvalue weighted by molar-refractivity contribution is -0.170. The van der Waals surface area contributed by atoms with Crippen molar-refractivity contribution in [2.24, 2.45) is 0 Å². The lowest BCUT2D eigenvalue weighted by Crippen LogP contribution is -2.42. The summed E-state index contributed by atoms with van der Waals surface area (Å²) >= 11 is 0. The molecule has 0 bridgehead atoms. The van der Waals surface area contributed by atoms with Gasteiger partial charge in [-0.05, 0) is 0 Å². The summed E-state index contributed by atoms with van der Waals surface area (Å²) in [5.74, 6) is -10.3. The van der Waals surface area contributed by atoms with E-state index in [1.165, 1.54) is 0 Å². The van der Waals surface area contributed by atoms with Gasteiger partial charge in [-0.15, -0.1) is 0 Å². The molecule has 0 fully saturated rings. The Hall–Kier alpha value is -3.75. The molecule has 0 unspecified atom stereocenters. The highest BCUT2D eigenvalue weighted by Gasteiger charge is 2.40. The Morgan fingerprint density at radius 3 is 0.778 bits per heavy atom. The van der Waals surface area contributed by atoms with Crippen molar-refractivity contribution in [1.82, 2.24) is 0 Å². The van der Waals surface area contributed by atoms with E-state index in [0.717, 1.165) is 0 Å². The molecular formula is C12H16O15. The summed E-state index contributed by atoms with van der Waals surface area (Å²) in [6, 6.07) is 0. The van der Waals surface area contributed by atoms with Crippen LogP contribution in [0.4, 0.5) is 0 Å². The zero-order chi connectivity index (χ0) is 22.4. The second-order valence-corrected chi connectivity index (χ2v) is 4.41. The van der Waals surface area contributed by atoms with Gasteiger partial charge in [0.2, 0.25) is 0 Å². The number of hydrogen-bond acceptors (Lipinski definition) is 8. The van der Waals surface area contributed by atoms with Crippen LogP contribution in [-0.2, 0) is 33.6 Å². The molecule has 0 amide bonds.